The van der Waals surface area contributed by atoms with Gasteiger partial charge in [-0.3, -0.25) is 4.90 Å². The average Bonchev–Trinajstić information content (AvgIpc) is 3.22. The van der Waals surface area contributed by atoms with Crippen LogP contribution in [0.3, 0.4) is 0 Å². The Morgan fingerprint density at radius 2 is 2.05 bits per heavy atom. The first-order chi connectivity index (χ1) is 9.58. The van der Waals surface area contributed by atoms with Crippen molar-refractivity contribution in [3.05, 3.63) is 0 Å². The van der Waals surface area contributed by atoms with Crippen LogP contribution in [-0.4, -0.2) is 76.4 Å². The molecule has 116 valence electrons. The molecule has 20 heavy (non-hydrogen) atoms. The summed E-state index contributed by atoms with van der Waals surface area (Å²) >= 11 is 5.54. The Morgan fingerprint density at radius 3 is 2.55 bits per heavy atom. The van der Waals surface area contributed by atoms with Gasteiger partial charge in [0.15, 0.2) is 6.23 Å². The third kappa shape index (κ3) is 3.53. The monoisotopic (exact) mass is 308 g/mol. The highest BCUT2D eigenvalue weighted by Gasteiger charge is 2.47. The minimum atomic E-state index is -1.23. The molecule has 2 fully saturated rings. The summed E-state index contributed by atoms with van der Waals surface area (Å²) in [6, 6.07) is -0.382. The molecule has 1 saturated carbocycles. The lowest BCUT2D eigenvalue weighted by Gasteiger charge is -2.30. The van der Waals surface area contributed by atoms with E-state index in [1.165, 1.54) is 4.90 Å². The minimum Gasteiger partial charge on any atom is -0.394 e. The number of halogens is 1. The van der Waals surface area contributed by atoms with Gasteiger partial charge in [0.2, 0.25) is 0 Å². The molecule has 2 amide bonds. The van der Waals surface area contributed by atoms with Crippen LogP contribution in [0.15, 0.2) is 0 Å². The topological polar surface area (TPSA) is 102 Å². The fourth-order valence-corrected chi connectivity index (χ4v) is 2.37. The van der Waals surface area contributed by atoms with Gasteiger partial charge in [-0.25, -0.2) is 4.79 Å². The highest BCUT2D eigenvalue weighted by molar-refractivity contribution is 6.18. The fourth-order valence-electron chi connectivity index (χ4n) is 2.27. The molecule has 8 heteroatoms. The molecule has 1 saturated heterocycles. The van der Waals surface area contributed by atoms with Gasteiger partial charge in [-0.1, -0.05) is 0 Å². The van der Waals surface area contributed by atoms with Gasteiger partial charge in [0.1, 0.15) is 18.3 Å². The van der Waals surface area contributed by atoms with Crippen molar-refractivity contribution in [3.63, 3.8) is 0 Å². The van der Waals surface area contributed by atoms with Crippen molar-refractivity contribution in [1.29, 1.82) is 0 Å². The quantitative estimate of drug-likeness (QED) is 0.476. The Morgan fingerprint density at radius 1 is 1.35 bits per heavy atom. The Kier molecular flexibility index (Phi) is 5.45. The van der Waals surface area contributed by atoms with E-state index in [-0.39, 0.29) is 6.03 Å². The number of nitrogens with zero attached hydrogens (tertiary/aromatic N) is 1. The predicted octanol–water partition coefficient (Wildman–Crippen LogP) is -0.914. The summed E-state index contributed by atoms with van der Waals surface area (Å²) in [5.41, 5.74) is 0. The summed E-state index contributed by atoms with van der Waals surface area (Å²) in [5.74, 6) is 0.691. The predicted molar refractivity (Wildman–Crippen MR) is 71.3 cm³/mol. The SMILES string of the molecule is O=C(NCCCl)N(CC1CC1)C1O[C@H](CO)[C@@H](O)[C@H]1O. The summed E-state index contributed by atoms with van der Waals surface area (Å²) in [7, 11) is 0. The highest BCUT2D eigenvalue weighted by atomic mass is 35.5. The first-order valence-corrected chi connectivity index (χ1v) is 7.34. The van der Waals surface area contributed by atoms with Gasteiger partial charge in [0.25, 0.3) is 0 Å². The summed E-state index contributed by atoms with van der Waals surface area (Å²) < 4.78 is 5.41. The average molecular weight is 309 g/mol. The van der Waals surface area contributed by atoms with Gasteiger partial charge in [0, 0.05) is 19.0 Å². The lowest BCUT2D eigenvalue weighted by molar-refractivity contribution is -0.0803. The molecule has 7 nitrogen and oxygen atoms in total. The van der Waals surface area contributed by atoms with E-state index in [0.29, 0.717) is 24.9 Å². The van der Waals surface area contributed by atoms with E-state index >= 15 is 0 Å². The van der Waals surface area contributed by atoms with Crippen LogP contribution in [0.1, 0.15) is 12.8 Å². The number of hydrogen-bond donors (Lipinski definition) is 4. The van der Waals surface area contributed by atoms with Gasteiger partial charge >= 0.3 is 6.03 Å². The smallest absolute Gasteiger partial charge is 0.319 e. The maximum Gasteiger partial charge on any atom is 0.319 e. The van der Waals surface area contributed by atoms with Crippen LogP contribution in [0.4, 0.5) is 4.79 Å². The molecule has 0 aromatic carbocycles. The number of hydrogen-bond acceptors (Lipinski definition) is 5. The zero-order valence-electron chi connectivity index (χ0n) is 11.1. The number of carbonyl (C=O) groups is 1. The van der Waals surface area contributed by atoms with Crippen molar-refractivity contribution < 1.29 is 24.9 Å². The van der Waals surface area contributed by atoms with Crippen LogP contribution in [0.25, 0.3) is 0 Å². The summed E-state index contributed by atoms with van der Waals surface area (Å²) in [4.78, 5) is 13.5. The normalized spacial score (nSPS) is 33.2. The molecular formula is C12H21ClN2O5. The molecule has 0 aromatic heterocycles. The van der Waals surface area contributed by atoms with Crippen LogP contribution in [0.2, 0.25) is 0 Å². The summed E-state index contributed by atoms with van der Waals surface area (Å²) in [5, 5.41) is 31.5. The molecule has 0 bridgehead atoms. The van der Waals surface area contributed by atoms with E-state index in [1.54, 1.807) is 0 Å². The van der Waals surface area contributed by atoms with E-state index in [1.807, 2.05) is 0 Å². The lowest BCUT2D eigenvalue weighted by atomic mass is 10.1. The second-order valence-electron chi connectivity index (χ2n) is 5.25. The molecular weight excluding hydrogens is 288 g/mol. The third-order valence-corrected chi connectivity index (χ3v) is 3.80. The Bertz CT molecular complexity index is 342. The zero-order chi connectivity index (χ0) is 14.7. The molecule has 0 spiro atoms. The van der Waals surface area contributed by atoms with E-state index in [0.717, 1.165) is 12.8 Å². The lowest BCUT2D eigenvalue weighted by Crippen LogP contribution is -2.52. The van der Waals surface area contributed by atoms with E-state index in [9.17, 15) is 15.0 Å². The summed E-state index contributed by atoms with van der Waals surface area (Å²) in [6.45, 7) is 0.367. The van der Waals surface area contributed by atoms with Crippen molar-refractivity contribution in [1.82, 2.24) is 10.2 Å². The van der Waals surface area contributed by atoms with E-state index in [4.69, 9.17) is 21.4 Å². The standard InChI is InChI=1S/C12H21ClN2O5/c13-3-4-14-12(19)15(5-7-1-2-7)11-10(18)9(17)8(6-16)20-11/h7-11,16-18H,1-6H2,(H,14,19)/t8-,9-,10-,11?/m1/s1. The molecule has 2 rings (SSSR count). The first-order valence-electron chi connectivity index (χ1n) is 6.81. The number of nitrogens with one attached hydrogen (secondary N) is 1. The second-order valence-corrected chi connectivity index (χ2v) is 5.62. The van der Waals surface area contributed by atoms with Crippen molar-refractivity contribution in [2.45, 2.75) is 37.4 Å². The summed E-state index contributed by atoms with van der Waals surface area (Å²) in [6.07, 6.45) is -2.18. The number of amides is 2. The van der Waals surface area contributed by atoms with Gasteiger partial charge in [-0.15, -0.1) is 11.6 Å². The molecule has 4 N–H and O–H groups in total. The Labute approximate surface area is 122 Å². The number of aliphatic hydroxyl groups is 3. The Hall–Kier alpha value is -0.600. The van der Waals surface area contributed by atoms with Crippen LogP contribution in [0.5, 0.6) is 0 Å². The van der Waals surface area contributed by atoms with Gasteiger partial charge < -0.3 is 25.4 Å². The second kappa shape index (κ2) is 6.91. The van der Waals surface area contributed by atoms with Crippen LogP contribution in [0, 0.1) is 5.92 Å². The van der Waals surface area contributed by atoms with Crippen molar-refractivity contribution in [3.8, 4) is 0 Å². The van der Waals surface area contributed by atoms with Crippen LogP contribution < -0.4 is 5.32 Å². The van der Waals surface area contributed by atoms with Gasteiger partial charge in [0.05, 0.1) is 6.61 Å². The number of alkyl halides is 1. The molecule has 0 radical (unpaired) electrons. The highest BCUT2D eigenvalue weighted by Crippen LogP contribution is 2.32. The number of aliphatic hydroxyl groups excluding tert-OH is 3. The zero-order valence-corrected chi connectivity index (χ0v) is 11.9. The molecule has 2 aliphatic rings. The molecule has 1 aliphatic carbocycles. The van der Waals surface area contributed by atoms with Crippen LogP contribution >= 0.6 is 11.6 Å². The number of ether oxygens (including phenoxy) is 1. The Balaban J connectivity index is 2.03. The van der Waals surface area contributed by atoms with Crippen molar-refractivity contribution >= 4 is 17.6 Å². The van der Waals surface area contributed by atoms with Gasteiger partial charge in [-0.05, 0) is 18.8 Å². The number of carbonyl (C=O) groups excluding carboxylic acids is 1. The van der Waals surface area contributed by atoms with Crippen LogP contribution in [-0.2, 0) is 4.74 Å². The molecule has 1 aliphatic heterocycles. The molecule has 1 heterocycles. The largest absolute Gasteiger partial charge is 0.394 e. The maximum atomic E-state index is 12.1. The molecule has 4 atom stereocenters. The van der Waals surface area contributed by atoms with Gasteiger partial charge in [-0.2, -0.15) is 0 Å². The first kappa shape index (κ1) is 15.8. The fraction of sp³-hybridized carbons (Fsp3) is 0.917. The van der Waals surface area contributed by atoms with Crippen molar-refractivity contribution in [2.24, 2.45) is 5.92 Å². The third-order valence-electron chi connectivity index (χ3n) is 3.61. The number of urea groups is 1. The molecule has 1 unspecified atom stereocenters. The van der Waals surface area contributed by atoms with E-state index in [2.05, 4.69) is 5.32 Å². The molecule has 0 aromatic rings. The minimum absolute atomic E-state index is 0.291. The van der Waals surface area contributed by atoms with E-state index < -0.39 is 31.1 Å². The van der Waals surface area contributed by atoms with Crippen molar-refractivity contribution in [2.75, 3.05) is 25.6 Å². The maximum absolute atomic E-state index is 12.1. The number of rotatable bonds is 6.